The molecule has 1 atom stereocenters. The van der Waals surface area contributed by atoms with E-state index in [0.29, 0.717) is 0 Å². The van der Waals surface area contributed by atoms with E-state index in [2.05, 4.69) is 17.3 Å². The third kappa shape index (κ3) is 4.57. The van der Waals surface area contributed by atoms with Crippen molar-refractivity contribution in [2.24, 2.45) is 5.92 Å². The fourth-order valence-corrected chi connectivity index (χ4v) is 3.06. The van der Waals surface area contributed by atoms with Crippen molar-refractivity contribution in [3.63, 3.8) is 0 Å². The van der Waals surface area contributed by atoms with E-state index in [-0.39, 0.29) is 0 Å². The summed E-state index contributed by atoms with van der Waals surface area (Å²) in [6, 6.07) is 0.856. The predicted molar refractivity (Wildman–Crippen MR) is 71.3 cm³/mol. The van der Waals surface area contributed by atoms with Gasteiger partial charge in [-0.3, -0.25) is 0 Å². The first-order valence-electron chi connectivity index (χ1n) is 7.35. The smallest absolute Gasteiger partial charge is 0.0506 e. The number of nitrogens with one attached hydrogen (secondary N) is 1. The van der Waals surface area contributed by atoms with Gasteiger partial charge in [0.1, 0.15) is 0 Å². The van der Waals surface area contributed by atoms with Crippen molar-refractivity contribution < 1.29 is 4.74 Å². The minimum atomic E-state index is 0.750. The van der Waals surface area contributed by atoms with Crippen LogP contribution in [0.4, 0.5) is 0 Å². The lowest BCUT2D eigenvalue weighted by Gasteiger charge is -2.25. The van der Waals surface area contributed by atoms with Crippen LogP contribution in [0.15, 0.2) is 0 Å². The number of nitrogens with zero attached hydrogens (tertiary/aromatic N) is 1. The van der Waals surface area contributed by atoms with Crippen molar-refractivity contribution >= 4 is 0 Å². The Kier molecular flexibility index (Phi) is 5.75. The van der Waals surface area contributed by atoms with Gasteiger partial charge in [0.25, 0.3) is 0 Å². The van der Waals surface area contributed by atoms with Crippen LogP contribution in [0.1, 0.15) is 38.5 Å². The average molecular weight is 240 g/mol. The van der Waals surface area contributed by atoms with E-state index >= 15 is 0 Å². The van der Waals surface area contributed by atoms with Crippen molar-refractivity contribution in [2.45, 2.75) is 44.6 Å². The molecule has 1 aliphatic carbocycles. The predicted octanol–water partition coefficient (Wildman–Crippen LogP) is 1.88. The lowest BCUT2D eigenvalue weighted by Crippen LogP contribution is -2.37. The van der Waals surface area contributed by atoms with Crippen LogP contribution in [0.5, 0.6) is 0 Å². The van der Waals surface area contributed by atoms with Crippen LogP contribution in [-0.2, 0) is 4.74 Å². The first-order chi connectivity index (χ1) is 8.36. The first-order valence-corrected chi connectivity index (χ1v) is 7.35. The third-order valence-electron chi connectivity index (χ3n) is 4.28. The summed E-state index contributed by atoms with van der Waals surface area (Å²) in [4.78, 5) is 2.54. The highest BCUT2D eigenvalue weighted by Gasteiger charge is 2.19. The molecular weight excluding hydrogens is 212 g/mol. The van der Waals surface area contributed by atoms with Gasteiger partial charge in [-0.25, -0.2) is 0 Å². The first kappa shape index (κ1) is 13.3. The molecule has 2 fully saturated rings. The Morgan fingerprint density at radius 3 is 2.71 bits per heavy atom. The summed E-state index contributed by atoms with van der Waals surface area (Å²) in [6.07, 6.45) is 8.27. The normalized spacial score (nSPS) is 26.8. The summed E-state index contributed by atoms with van der Waals surface area (Å²) in [5.74, 6) is 0.750. The second-order valence-corrected chi connectivity index (χ2v) is 5.71. The van der Waals surface area contributed by atoms with E-state index in [1.807, 2.05) is 0 Å². The Morgan fingerprint density at radius 2 is 2.00 bits per heavy atom. The molecule has 0 radical (unpaired) electrons. The van der Waals surface area contributed by atoms with Crippen LogP contribution in [0.2, 0.25) is 0 Å². The molecule has 1 aliphatic heterocycles. The van der Waals surface area contributed by atoms with Crippen LogP contribution in [-0.4, -0.2) is 50.8 Å². The van der Waals surface area contributed by atoms with Crippen molar-refractivity contribution in [1.29, 1.82) is 0 Å². The molecule has 17 heavy (non-hydrogen) atoms. The topological polar surface area (TPSA) is 24.5 Å². The molecule has 0 aromatic heterocycles. The third-order valence-corrected chi connectivity index (χ3v) is 4.28. The minimum Gasteiger partial charge on any atom is -0.381 e. The van der Waals surface area contributed by atoms with E-state index in [9.17, 15) is 0 Å². The maximum Gasteiger partial charge on any atom is 0.0506 e. The number of hydrogen-bond acceptors (Lipinski definition) is 3. The largest absolute Gasteiger partial charge is 0.381 e. The number of hydrogen-bond donors (Lipinski definition) is 1. The van der Waals surface area contributed by atoms with E-state index in [0.717, 1.165) is 38.3 Å². The van der Waals surface area contributed by atoms with Crippen molar-refractivity contribution in [3.8, 4) is 0 Å². The molecule has 1 unspecified atom stereocenters. The Hall–Kier alpha value is -0.120. The molecule has 1 heterocycles. The van der Waals surface area contributed by atoms with Crippen molar-refractivity contribution in [3.05, 3.63) is 0 Å². The molecule has 0 aromatic carbocycles. The van der Waals surface area contributed by atoms with Gasteiger partial charge in [-0.1, -0.05) is 12.8 Å². The van der Waals surface area contributed by atoms with E-state index in [1.54, 1.807) is 0 Å². The lowest BCUT2D eigenvalue weighted by atomic mass is 10.0. The van der Waals surface area contributed by atoms with E-state index in [1.165, 1.54) is 45.1 Å². The molecule has 0 spiro atoms. The number of rotatable bonds is 6. The van der Waals surface area contributed by atoms with Gasteiger partial charge >= 0.3 is 0 Å². The molecule has 2 rings (SSSR count). The summed E-state index contributed by atoms with van der Waals surface area (Å²) in [7, 11) is 2.28. The fraction of sp³-hybridized carbons (Fsp3) is 1.00. The zero-order valence-corrected chi connectivity index (χ0v) is 11.3. The zero-order chi connectivity index (χ0) is 11.9. The van der Waals surface area contributed by atoms with Crippen LogP contribution in [0.3, 0.4) is 0 Å². The number of likely N-dealkylation sites (N-methyl/N-ethyl adjacent to an activating group) is 1. The van der Waals surface area contributed by atoms with Crippen LogP contribution < -0.4 is 5.32 Å². The van der Waals surface area contributed by atoms with Gasteiger partial charge < -0.3 is 15.0 Å². The zero-order valence-electron chi connectivity index (χ0n) is 11.3. The monoisotopic (exact) mass is 240 g/mol. The van der Waals surface area contributed by atoms with Gasteiger partial charge in [0.2, 0.25) is 0 Å². The van der Waals surface area contributed by atoms with Gasteiger partial charge in [-0.15, -0.1) is 0 Å². The molecule has 2 aliphatic rings. The molecule has 0 aromatic rings. The highest BCUT2D eigenvalue weighted by Crippen LogP contribution is 2.21. The van der Waals surface area contributed by atoms with Crippen LogP contribution in [0, 0.1) is 5.92 Å². The van der Waals surface area contributed by atoms with E-state index in [4.69, 9.17) is 4.74 Å². The van der Waals surface area contributed by atoms with E-state index < -0.39 is 0 Å². The van der Waals surface area contributed by atoms with Gasteiger partial charge in [0.15, 0.2) is 0 Å². The van der Waals surface area contributed by atoms with Gasteiger partial charge in [-0.05, 0) is 38.6 Å². The quantitative estimate of drug-likeness (QED) is 0.717. The maximum absolute atomic E-state index is 5.49. The summed E-state index contributed by atoms with van der Waals surface area (Å²) in [6.45, 7) is 5.40. The lowest BCUT2D eigenvalue weighted by molar-refractivity contribution is 0.0546. The second-order valence-electron chi connectivity index (χ2n) is 5.71. The Morgan fingerprint density at radius 1 is 1.18 bits per heavy atom. The molecule has 1 saturated heterocycles. The summed E-state index contributed by atoms with van der Waals surface area (Å²) in [5.41, 5.74) is 0. The number of ether oxygens (including phenoxy) is 1. The molecule has 1 saturated carbocycles. The summed E-state index contributed by atoms with van der Waals surface area (Å²) in [5, 5.41) is 3.59. The molecule has 3 nitrogen and oxygen atoms in total. The van der Waals surface area contributed by atoms with Crippen molar-refractivity contribution in [1.82, 2.24) is 10.2 Å². The average Bonchev–Trinajstić information content (AvgIpc) is 2.89. The highest BCUT2D eigenvalue weighted by molar-refractivity contribution is 4.75. The molecule has 3 heteroatoms. The maximum atomic E-state index is 5.49. The molecule has 0 bridgehead atoms. The highest BCUT2D eigenvalue weighted by atomic mass is 16.5. The fourth-order valence-electron chi connectivity index (χ4n) is 3.06. The summed E-state index contributed by atoms with van der Waals surface area (Å²) >= 11 is 0. The van der Waals surface area contributed by atoms with Crippen LogP contribution >= 0.6 is 0 Å². The molecule has 100 valence electrons. The van der Waals surface area contributed by atoms with Gasteiger partial charge in [-0.2, -0.15) is 0 Å². The van der Waals surface area contributed by atoms with Crippen molar-refractivity contribution in [2.75, 3.05) is 39.9 Å². The van der Waals surface area contributed by atoms with Gasteiger partial charge in [0, 0.05) is 32.3 Å². The molecule has 0 amide bonds. The Bertz CT molecular complexity index is 198. The Labute approximate surface area is 106 Å². The minimum absolute atomic E-state index is 0.750. The molecule has 1 N–H and O–H groups in total. The van der Waals surface area contributed by atoms with Gasteiger partial charge in [0.05, 0.1) is 6.61 Å². The Balaban J connectivity index is 1.50. The SMILES string of the molecule is CN(CCNCC1CCCOC1)C1CCCC1. The second kappa shape index (κ2) is 7.34. The standard InChI is InChI=1S/C14H28N2O/c1-16(14-6-2-3-7-14)9-8-15-11-13-5-4-10-17-12-13/h13-15H,2-12H2,1H3. The summed E-state index contributed by atoms with van der Waals surface area (Å²) < 4.78 is 5.49. The van der Waals surface area contributed by atoms with Crippen LogP contribution in [0.25, 0.3) is 0 Å². The molecular formula is C14H28N2O.